The van der Waals surface area contributed by atoms with Crippen LogP contribution in [0.25, 0.3) is 33.0 Å². The highest BCUT2D eigenvalue weighted by Crippen LogP contribution is 2.27. The molecule has 0 radical (unpaired) electrons. The molecule has 0 spiro atoms. The van der Waals surface area contributed by atoms with Crippen molar-refractivity contribution < 1.29 is 13.6 Å². The Morgan fingerprint density at radius 3 is 2.54 bits per heavy atom. The van der Waals surface area contributed by atoms with Gasteiger partial charge in [-0.15, -0.1) is 0 Å². The van der Waals surface area contributed by atoms with Crippen LogP contribution < -0.4 is 21.4 Å². The SMILES string of the molecule is COc1cc(=O)oc2c1c(=O)oc1c2c(=O)c2ccccc2n1C. The molecule has 0 bridgehead atoms. The molecule has 1 aromatic carbocycles. The number of methoxy groups -OCH3 is 1. The largest absolute Gasteiger partial charge is 0.495 e. The van der Waals surface area contributed by atoms with Gasteiger partial charge in [-0.1, -0.05) is 12.1 Å². The second-order valence-electron chi connectivity index (χ2n) is 5.31. The molecule has 0 saturated heterocycles. The van der Waals surface area contributed by atoms with Gasteiger partial charge in [0, 0.05) is 12.4 Å². The second kappa shape index (κ2) is 4.82. The Kier molecular flexibility index (Phi) is 2.86. The zero-order valence-electron chi connectivity index (χ0n) is 12.8. The van der Waals surface area contributed by atoms with Crippen molar-refractivity contribution in [1.82, 2.24) is 4.57 Å². The maximum atomic E-state index is 12.9. The lowest BCUT2D eigenvalue weighted by molar-refractivity contribution is 0.410. The summed E-state index contributed by atoms with van der Waals surface area (Å²) in [6, 6.07) is 7.94. The smallest absolute Gasteiger partial charge is 0.352 e. The topological polar surface area (TPSA) is 91.7 Å². The minimum Gasteiger partial charge on any atom is -0.495 e. The van der Waals surface area contributed by atoms with Crippen LogP contribution in [0.2, 0.25) is 0 Å². The Balaban J connectivity index is 2.45. The molecule has 0 aliphatic heterocycles. The van der Waals surface area contributed by atoms with Crippen LogP contribution in [0.1, 0.15) is 0 Å². The van der Waals surface area contributed by atoms with Gasteiger partial charge in [0.2, 0.25) is 11.1 Å². The summed E-state index contributed by atoms with van der Waals surface area (Å²) in [5, 5.41) is 0.381. The molecule has 0 aliphatic rings. The summed E-state index contributed by atoms with van der Waals surface area (Å²) < 4.78 is 17.2. The molecule has 4 aromatic rings. The van der Waals surface area contributed by atoms with E-state index in [1.807, 2.05) is 0 Å². The second-order valence-corrected chi connectivity index (χ2v) is 5.31. The lowest BCUT2D eigenvalue weighted by Gasteiger charge is -2.10. The summed E-state index contributed by atoms with van der Waals surface area (Å²) in [7, 11) is 2.98. The Morgan fingerprint density at radius 2 is 1.79 bits per heavy atom. The fraction of sp³-hybridized carbons (Fsp3) is 0.118. The van der Waals surface area contributed by atoms with Crippen molar-refractivity contribution in [1.29, 1.82) is 0 Å². The first-order valence-corrected chi connectivity index (χ1v) is 7.09. The summed E-state index contributed by atoms with van der Waals surface area (Å²) in [5.41, 5.74) is -1.35. The molecule has 0 N–H and O–H groups in total. The lowest BCUT2D eigenvalue weighted by atomic mass is 10.1. The van der Waals surface area contributed by atoms with E-state index in [0.29, 0.717) is 10.9 Å². The molecule has 0 fully saturated rings. The summed E-state index contributed by atoms with van der Waals surface area (Å²) in [6.07, 6.45) is 0. The minimum absolute atomic E-state index is 0.00658. The number of pyridine rings is 1. The number of nitrogens with zero attached hydrogens (tertiary/aromatic N) is 1. The number of fused-ring (bicyclic) bond motifs is 4. The monoisotopic (exact) mass is 325 g/mol. The van der Waals surface area contributed by atoms with Crippen LogP contribution in [0.4, 0.5) is 0 Å². The van der Waals surface area contributed by atoms with Crippen molar-refractivity contribution in [3.63, 3.8) is 0 Å². The lowest BCUT2D eigenvalue weighted by Crippen LogP contribution is -2.15. The number of ether oxygens (including phenoxy) is 1. The molecule has 24 heavy (non-hydrogen) atoms. The Bertz CT molecular complexity index is 1310. The van der Waals surface area contributed by atoms with Crippen molar-refractivity contribution in [2.24, 2.45) is 7.05 Å². The van der Waals surface area contributed by atoms with Gasteiger partial charge in [-0.2, -0.15) is 0 Å². The average molecular weight is 325 g/mol. The van der Waals surface area contributed by atoms with Gasteiger partial charge in [-0.3, -0.25) is 4.79 Å². The quantitative estimate of drug-likeness (QED) is 0.391. The van der Waals surface area contributed by atoms with Crippen LogP contribution >= 0.6 is 0 Å². The fourth-order valence-corrected chi connectivity index (χ4v) is 2.93. The number of hydrogen-bond acceptors (Lipinski definition) is 6. The van der Waals surface area contributed by atoms with Gasteiger partial charge in [-0.05, 0) is 12.1 Å². The van der Waals surface area contributed by atoms with E-state index >= 15 is 0 Å². The first-order valence-electron chi connectivity index (χ1n) is 7.09. The molecule has 3 heterocycles. The van der Waals surface area contributed by atoms with Crippen LogP contribution in [0.15, 0.2) is 53.5 Å². The molecule has 0 aliphatic carbocycles. The predicted octanol–water partition coefficient (Wildman–Crippen LogP) is 1.76. The zero-order valence-corrected chi connectivity index (χ0v) is 12.8. The van der Waals surface area contributed by atoms with Crippen LogP contribution in [-0.4, -0.2) is 11.7 Å². The van der Waals surface area contributed by atoms with Gasteiger partial charge < -0.3 is 18.1 Å². The minimum atomic E-state index is -0.747. The first-order chi connectivity index (χ1) is 11.5. The number of aromatic nitrogens is 1. The van der Waals surface area contributed by atoms with E-state index in [1.54, 1.807) is 35.9 Å². The number of rotatable bonds is 1. The molecule has 3 aromatic heterocycles. The highest BCUT2D eigenvalue weighted by molar-refractivity contribution is 6.05. The fourth-order valence-electron chi connectivity index (χ4n) is 2.93. The molecule has 7 nitrogen and oxygen atoms in total. The van der Waals surface area contributed by atoms with E-state index in [2.05, 4.69) is 0 Å². The van der Waals surface area contributed by atoms with Crippen LogP contribution in [0.5, 0.6) is 5.75 Å². The number of hydrogen-bond donors (Lipinski definition) is 0. The number of para-hydroxylation sites is 1. The Labute approximate surface area is 133 Å². The standard InChI is InChI=1S/C17H11NO6/c1-18-9-6-4-3-5-8(9)14(20)13-15-12(17(21)24-16(13)18)10(22-2)7-11(19)23-15/h3-7H,1-2H3. The molecule has 0 amide bonds. The summed E-state index contributed by atoms with van der Waals surface area (Å²) in [6.45, 7) is 0. The third kappa shape index (κ3) is 1.75. The molecule has 7 heteroatoms. The van der Waals surface area contributed by atoms with Crippen LogP contribution in [0, 0.1) is 0 Å². The Morgan fingerprint density at radius 1 is 1.04 bits per heavy atom. The third-order valence-corrected chi connectivity index (χ3v) is 4.02. The molecule has 0 saturated carbocycles. The summed E-state index contributed by atoms with van der Waals surface area (Å²) in [4.78, 5) is 37.0. The van der Waals surface area contributed by atoms with Crippen molar-refractivity contribution in [3.8, 4) is 5.75 Å². The maximum absolute atomic E-state index is 12.9. The van der Waals surface area contributed by atoms with Crippen LogP contribution in [0.3, 0.4) is 0 Å². The van der Waals surface area contributed by atoms with E-state index in [-0.39, 0.29) is 33.2 Å². The van der Waals surface area contributed by atoms with Crippen molar-refractivity contribution in [2.75, 3.05) is 7.11 Å². The summed E-state index contributed by atoms with van der Waals surface area (Å²) >= 11 is 0. The van der Waals surface area contributed by atoms with E-state index in [9.17, 15) is 14.4 Å². The molecule has 120 valence electrons. The molecular weight excluding hydrogens is 314 g/mol. The van der Waals surface area contributed by atoms with Crippen molar-refractivity contribution in [3.05, 3.63) is 61.4 Å². The third-order valence-electron chi connectivity index (χ3n) is 4.02. The van der Waals surface area contributed by atoms with Crippen molar-refractivity contribution >= 4 is 33.0 Å². The molecule has 0 atom stereocenters. The van der Waals surface area contributed by atoms with Crippen molar-refractivity contribution in [2.45, 2.75) is 0 Å². The van der Waals surface area contributed by atoms with Crippen LogP contribution in [-0.2, 0) is 7.05 Å². The maximum Gasteiger partial charge on any atom is 0.352 e. The summed E-state index contributed by atoms with van der Waals surface area (Å²) in [5.74, 6) is 0.00658. The zero-order chi connectivity index (χ0) is 17.0. The van der Waals surface area contributed by atoms with Gasteiger partial charge in [-0.25, -0.2) is 9.59 Å². The van der Waals surface area contributed by atoms with E-state index < -0.39 is 11.3 Å². The number of aryl methyl sites for hydroxylation is 1. The highest BCUT2D eigenvalue weighted by atomic mass is 16.5. The molecule has 0 unspecified atom stereocenters. The molecule has 4 rings (SSSR count). The van der Waals surface area contributed by atoms with Gasteiger partial charge in [0.15, 0.2) is 5.58 Å². The van der Waals surface area contributed by atoms with Gasteiger partial charge >= 0.3 is 11.3 Å². The highest BCUT2D eigenvalue weighted by Gasteiger charge is 2.21. The first kappa shape index (κ1) is 14.3. The van der Waals surface area contributed by atoms with Gasteiger partial charge in [0.1, 0.15) is 16.5 Å². The normalized spacial score (nSPS) is 11.4. The predicted molar refractivity (Wildman–Crippen MR) is 87.8 cm³/mol. The van der Waals surface area contributed by atoms with E-state index in [4.69, 9.17) is 13.6 Å². The molecular formula is C17H11NO6. The van der Waals surface area contributed by atoms with E-state index in [1.165, 1.54) is 7.11 Å². The van der Waals surface area contributed by atoms with E-state index in [0.717, 1.165) is 6.07 Å². The van der Waals surface area contributed by atoms with Gasteiger partial charge in [0.25, 0.3) is 0 Å². The average Bonchev–Trinajstić information content (AvgIpc) is 2.58. The Hall–Kier alpha value is -3.35. The number of benzene rings is 1. The van der Waals surface area contributed by atoms with Gasteiger partial charge in [0.05, 0.1) is 18.7 Å².